The lowest BCUT2D eigenvalue weighted by Crippen LogP contribution is -2.30. The average Bonchev–Trinajstić information content (AvgIpc) is 0.906. The molecule has 0 saturated carbocycles. The van der Waals surface area contributed by atoms with Gasteiger partial charge in [-0.1, -0.05) is 294 Å². The number of phosphoric acid groups is 2. The Kier molecular flexibility index (Phi) is 77.3. The van der Waals surface area contributed by atoms with Crippen LogP contribution in [0.2, 0.25) is 0 Å². The van der Waals surface area contributed by atoms with Gasteiger partial charge in [0.25, 0.3) is 0 Å². The molecule has 110 heavy (non-hydrogen) atoms. The number of hydrogen-bond acceptors (Lipinski definition) is 15. The quantitative estimate of drug-likeness (QED) is 0.0169. The molecule has 0 aromatic rings. The first-order valence-corrected chi connectivity index (χ1v) is 45.4. The second-order valence-corrected chi connectivity index (χ2v) is 30.5. The highest BCUT2D eigenvalue weighted by Crippen LogP contribution is 2.45. The lowest BCUT2D eigenvalue weighted by molar-refractivity contribution is -0.161. The van der Waals surface area contributed by atoms with E-state index in [1.807, 2.05) is 0 Å². The SMILES string of the molecule is CC/C=C\C/C=C\C/C=C\C/C=C\C/C=C\CCCCCC(=O)OCC(COP(=O)(O)OCC(O)COP(=O)(O)OCC(COC(=O)CCCCCCCC/C=C\C/C=C\C/C=C\C/C=C\CC)OC(=O)CCCCCCC/C=C\CCCCCCCC)OC(=O)CCCCCC/C=C\C/C=C\C/C=C\C/C=C\CC. The minimum absolute atomic E-state index is 0.0531. The fourth-order valence-corrected chi connectivity index (χ4v) is 12.4. The number of ether oxygens (including phenoxy) is 4. The smallest absolute Gasteiger partial charge is 0.462 e. The molecule has 17 nitrogen and oxygen atoms in total. The number of unbranched alkanes of at least 4 members (excludes halogenated alkanes) is 24. The Morgan fingerprint density at radius 3 is 0.745 bits per heavy atom. The predicted octanol–water partition coefficient (Wildman–Crippen LogP) is 25.3. The Morgan fingerprint density at radius 1 is 0.264 bits per heavy atom. The van der Waals surface area contributed by atoms with Crippen molar-refractivity contribution in [1.82, 2.24) is 0 Å². The third kappa shape index (κ3) is 80.5. The summed E-state index contributed by atoms with van der Waals surface area (Å²) in [6, 6.07) is 0. The molecule has 626 valence electrons. The molecule has 0 rings (SSSR count). The largest absolute Gasteiger partial charge is 0.472 e. The van der Waals surface area contributed by atoms with Crippen molar-refractivity contribution >= 4 is 39.5 Å². The number of aliphatic hydroxyl groups is 1. The van der Waals surface area contributed by atoms with E-state index in [1.54, 1.807) is 0 Å². The monoisotopic (exact) mass is 1580 g/mol. The Hall–Kier alpha value is -5.58. The van der Waals surface area contributed by atoms with Crippen LogP contribution in [0.25, 0.3) is 0 Å². The normalized spacial score (nSPS) is 14.6. The van der Waals surface area contributed by atoms with Crippen molar-refractivity contribution in [3.05, 3.63) is 170 Å². The number of carbonyl (C=O) groups excluding carboxylic acids is 4. The predicted molar refractivity (Wildman–Crippen MR) is 454 cm³/mol. The fourth-order valence-electron chi connectivity index (χ4n) is 10.8. The summed E-state index contributed by atoms with van der Waals surface area (Å²) in [7, 11) is -10.0. The van der Waals surface area contributed by atoms with Gasteiger partial charge < -0.3 is 33.8 Å². The summed E-state index contributed by atoms with van der Waals surface area (Å²) in [5, 5.41) is 10.7. The molecule has 0 saturated heterocycles. The molecule has 0 amide bonds. The molecule has 0 heterocycles. The first kappa shape index (κ1) is 104. The van der Waals surface area contributed by atoms with E-state index in [4.69, 9.17) is 37.0 Å². The van der Waals surface area contributed by atoms with E-state index < -0.39 is 97.5 Å². The summed E-state index contributed by atoms with van der Waals surface area (Å²) in [6.45, 7) is 4.45. The van der Waals surface area contributed by atoms with Crippen LogP contribution in [0, 0.1) is 0 Å². The standard InChI is InChI=1S/C91H150O17P2/c1-5-9-13-17-21-25-29-33-37-40-42-45-48-51-55-59-63-67-71-75-88(93)101-81-86(107-90(95)77-73-69-65-61-57-53-47-36-32-28-24-20-16-12-8-4)83-105-109(97,98)103-79-85(92)80-104-110(99,100)106-84-87(108-91(96)78-74-70-66-62-58-54-50-44-39-35-31-27-23-19-15-11-7-3)82-102-89(94)76-72-68-64-60-56-52-49-46-43-41-38-34-30-26-22-18-14-10-6-2/h9-11,13-15,21-23,25-27,33-39,42-43,45-47,50,52,54,56,85-87,92H,5-8,12,16-20,24,28-32,40-41,44,48-49,51,53,55,57-84H2,1-4H3,(H,97,98)(H,99,100)/b13-9-,14-10-,15-11-,25-21-,26-22-,27-23-,37-33-,38-34-,39-35-,45-42-,46-43-,47-36-,54-50-,56-52-. The van der Waals surface area contributed by atoms with Gasteiger partial charge in [0.1, 0.15) is 19.3 Å². The zero-order chi connectivity index (χ0) is 80.3. The third-order valence-corrected chi connectivity index (χ3v) is 19.1. The van der Waals surface area contributed by atoms with E-state index in [9.17, 15) is 43.2 Å². The number of carbonyl (C=O) groups is 4. The van der Waals surface area contributed by atoms with E-state index in [1.165, 1.54) is 38.5 Å². The van der Waals surface area contributed by atoms with Crippen LogP contribution in [0.4, 0.5) is 0 Å². The van der Waals surface area contributed by atoms with Crippen LogP contribution in [-0.2, 0) is 65.4 Å². The van der Waals surface area contributed by atoms with Crippen LogP contribution in [0.15, 0.2) is 170 Å². The molecule has 0 aromatic carbocycles. The molecular formula is C91H150O17P2. The first-order valence-electron chi connectivity index (χ1n) is 42.4. The number of allylic oxidation sites excluding steroid dienone is 28. The van der Waals surface area contributed by atoms with E-state index in [0.717, 1.165) is 205 Å². The number of phosphoric ester groups is 2. The van der Waals surface area contributed by atoms with Gasteiger partial charge in [-0.3, -0.25) is 37.3 Å². The molecule has 0 aromatic heterocycles. The van der Waals surface area contributed by atoms with E-state index >= 15 is 0 Å². The van der Waals surface area contributed by atoms with Crippen LogP contribution in [-0.4, -0.2) is 96.7 Å². The summed E-state index contributed by atoms with van der Waals surface area (Å²) in [5.41, 5.74) is 0. The van der Waals surface area contributed by atoms with Crippen molar-refractivity contribution in [3.63, 3.8) is 0 Å². The Balaban J connectivity index is 5.46. The molecule has 0 aliphatic rings. The zero-order valence-corrected chi connectivity index (χ0v) is 70.4. The second kappa shape index (κ2) is 81.4. The maximum Gasteiger partial charge on any atom is 0.472 e. The van der Waals surface area contributed by atoms with Gasteiger partial charge in [0, 0.05) is 25.7 Å². The van der Waals surface area contributed by atoms with Crippen LogP contribution in [0.1, 0.15) is 323 Å². The highest BCUT2D eigenvalue weighted by atomic mass is 31.2. The van der Waals surface area contributed by atoms with Crippen LogP contribution in [0.3, 0.4) is 0 Å². The van der Waals surface area contributed by atoms with Crippen molar-refractivity contribution in [1.29, 1.82) is 0 Å². The molecule has 0 fully saturated rings. The lowest BCUT2D eigenvalue weighted by Gasteiger charge is -2.21. The van der Waals surface area contributed by atoms with Gasteiger partial charge in [0.2, 0.25) is 0 Å². The topological polar surface area (TPSA) is 237 Å². The van der Waals surface area contributed by atoms with E-state index in [0.29, 0.717) is 25.7 Å². The highest BCUT2D eigenvalue weighted by Gasteiger charge is 2.30. The average molecular weight is 1580 g/mol. The van der Waals surface area contributed by atoms with Crippen LogP contribution < -0.4 is 0 Å². The van der Waals surface area contributed by atoms with Gasteiger partial charge >= 0.3 is 39.5 Å². The molecule has 5 atom stereocenters. The first-order chi connectivity index (χ1) is 53.7. The number of hydrogen-bond donors (Lipinski definition) is 3. The van der Waals surface area contributed by atoms with Gasteiger partial charge in [-0.05, 0) is 173 Å². The minimum atomic E-state index is -5.01. The maximum atomic E-state index is 13.1. The molecule has 0 radical (unpaired) electrons. The Labute approximate surface area is 667 Å². The second-order valence-electron chi connectivity index (χ2n) is 27.6. The van der Waals surface area contributed by atoms with Gasteiger partial charge in [-0.25, -0.2) is 9.13 Å². The van der Waals surface area contributed by atoms with Crippen molar-refractivity contribution in [2.45, 2.75) is 341 Å². The minimum Gasteiger partial charge on any atom is -0.462 e. The molecule has 0 aliphatic carbocycles. The zero-order valence-electron chi connectivity index (χ0n) is 68.6. The highest BCUT2D eigenvalue weighted by molar-refractivity contribution is 7.47. The summed E-state index contributed by atoms with van der Waals surface area (Å²) < 4.78 is 68.8. The van der Waals surface area contributed by atoms with Crippen LogP contribution >= 0.6 is 15.6 Å². The number of rotatable bonds is 78. The van der Waals surface area contributed by atoms with Crippen molar-refractivity contribution in [3.8, 4) is 0 Å². The molecule has 5 unspecified atom stereocenters. The Bertz CT molecular complexity index is 2750. The summed E-state index contributed by atoms with van der Waals surface area (Å²) in [4.78, 5) is 73.3. The lowest BCUT2D eigenvalue weighted by atomic mass is 10.1. The molecule has 0 bridgehead atoms. The van der Waals surface area contributed by atoms with Gasteiger partial charge in [-0.15, -0.1) is 0 Å². The third-order valence-electron chi connectivity index (χ3n) is 17.2. The molecule has 19 heteroatoms. The van der Waals surface area contributed by atoms with Crippen molar-refractivity contribution in [2.75, 3.05) is 39.6 Å². The van der Waals surface area contributed by atoms with E-state index in [-0.39, 0.29) is 25.7 Å². The molecule has 0 aliphatic heterocycles. The molecule has 0 spiro atoms. The van der Waals surface area contributed by atoms with E-state index in [2.05, 4.69) is 198 Å². The van der Waals surface area contributed by atoms with Crippen molar-refractivity contribution in [2.24, 2.45) is 0 Å². The van der Waals surface area contributed by atoms with Gasteiger partial charge in [0.15, 0.2) is 12.2 Å². The Morgan fingerprint density at radius 2 is 0.473 bits per heavy atom. The fraction of sp³-hybridized carbons (Fsp3) is 0.648. The number of aliphatic hydroxyl groups excluding tert-OH is 1. The van der Waals surface area contributed by atoms with Gasteiger partial charge in [-0.2, -0.15) is 0 Å². The molecular weight excluding hydrogens is 1430 g/mol. The summed E-state index contributed by atoms with van der Waals surface area (Å²) in [6.07, 6.45) is 97.4. The number of esters is 4. The maximum absolute atomic E-state index is 13.1. The van der Waals surface area contributed by atoms with Crippen LogP contribution in [0.5, 0.6) is 0 Å². The molecule has 3 N–H and O–H groups in total. The summed E-state index contributed by atoms with van der Waals surface area (Å²) >= 11 is 0. The van der Waals surface area contributed by atoms with Crippen molar-refractivity contribution < 1.29 is 80.2 Å². The summed E-state index contributed by atoms with van der Waals surface area (Å²) in [5.74, 6) is -2.27. The van der Waals surface area contributed by atoms with Gasteiger partial charge in [0.05, 0.1) is 26.4 Å².